The molecule has 0 fully saturated rings. The Balaban J connectivity index is 2.43. The minimum Gasteiger partial charge on any atom is -0.424 e. The standard InChI is InChI=1S/C15H13N3O3/c1-8(19)13-12(9-6-17-15(16)18-7-9)10-4-2-3-5-11(10)14(20)21-13/h2-8,19H,1H3,(H2,16,17,18). The fourth-order valence-electron chi connectivity index (χ4n) is 2.28. The Morgan fingerprint density at radius 3 is 2.43 bits per heavy atom. The second kappa shape index (κ2) is 4.99. The molecule has 6 nitrogen and oxygen atoms in total. The van der Waals surface area contributed by atoms with E-state index >= 15 is 0 Å². The summed E-state index contributed by atoms with van der Waals surface area (Å²) in [5, 5.41) is 11.0. The molecule has 3 N–H and O–H groups in total. The van der Waals surface area contributed by atoms with Gasteiger partial charge >= 0.3 is 5.63 Å². The predicted molar refractivity (Wildman–Crippen MR) is 78.6 cm³/mol. The van der Waals surface area contributed by atoms with Gasteiger partial charge in [0.2, 0.25) is 5.95 Å². The molecule has 2 heterocycles. The van der Waals surface area contributed by atoms with Gasteiger partial charge in [-0.05, 0) is 13.0 Å². The van der Waals surface area contributed by atoms with Crippen molar-refractivity contribution in [2.24, 2.45) is 0 Å². The van der Waals surface area contributed by atoms with Crippen LogP contribution in [0.3, 0.4) is 0 Å². The Morgan fingerprint density at radius 1 is 1.19 bits per heavy atom. The minimum atomic E-state index is -0.935. The zero-order valence-corrected chi connectivity index (χ0v) is 11.3. The van der Waals surface area contributed by atoms with Crippen LogP contribution in [0, 0.1) is 0 Å². The molecule has 0 radical (unpaired) electrons. The summed E-state index contributed by atoms with van der Waals surface area (Å²) in [4.78, 5) is 19.9. The lowest BCUT2D eigenvalue weighted by Crippen LogP contribution is -2.07. The lowest BCUT2D eigenvalue weighted by molar-refractivity contribution is 0.166. The summed E-state index contributed by atoms with van der Waals surface area (Å²) in [6.45, 7) is 1.54. The molecule has 0 spiro atoms. The van der Waals surface area contributed by atoms with Gasteiger partial charge in [0.15, 0.2) is 0 Å². The largest absolute Gasteiger partial charge is 0.424 e. The highest BCUT2D eigenvalue weighted by atomic mass is 16.4. The third-order valence-electron chi connectivity index (χ3n) is 3.21. The number of nitrogen functional groups attached to an aromatic ring is 1. The molecule has 0 aliphatic carbocycles. The SMILES string of the molecule is CC(O)c1oc(=O)c2ccccc2c1-c1cnc(N)nc1. The fourth-order valence-corrected chi connectivity index (χ4v) is 2.28. The average Bonchev–Trinajstić information content (AvgIpc) is 2.48. The van der Waals surface area contributed by atoms with Gasteiger partial charge in [0.25, 0.3) is 0 Å². The van der Waals surface area contributed by atoms with Crippen LogP contribution in [-0.2, 0) is 0 Å². The Morgan fingerprint density at radius 2 is 1.81 bits per heavy atom. The van der Waals surface area contributed by atoms with Crippen LogP contribution in [0.4, 0.5) is 5.95 Å². The number of aliphatic hydroxyl groups is 1. The molecule has 106 valence electrons. The quantitative estimate of drug-likeness (QED) is 0.744. The molecular formula is C15H13N3O3. The second-order valence-electron chi connectivity index (χ2n) is 4.68. The summed E-state index contributed by atoms with van der Waals surface area (Å²) < 4.78 is 5.28. The van der Waals surface area contributed by atoms with Crippen LogP contribution in [-0.4, -0.2) is 15.1 Å². The number of nitrogens with two attached hydrogens (primary N) is 1. The average molecular weight is 283 g/mol. The van der Waals surface area contributed by atoms with Crippen LogP contribution in [0.15, 0.2) is 45.9 Å². The predicted octanol–water partition coefficient (Wildman–Crippen LogP) is 1.89. The molecule has 0 saturated carbocycles. The normalized spacial score (nSPS) is 12.5. The van der Waals surface area contributed by atoms with Crippen molar-refractivity contribution in [3.63, 3.8) is 0 Å². The molecule has 3 aromatic rings. The molecule has 1 atom stereocenters. The Kier molecular flexibility index (Phi) is 3.15. The first-order valence-electron chi connectivity index (χ1n) is 6.39. The van der Waals surface area contributed by atoms with Crippen LogP contribution < -0.4 is 11.4 Å². The van der Waals surface area contributed by atoms with Gasteiger partial charge in [-0.2, -0.15) is 0 Å². The summed E-state index contributed by atoms with van der Waals surface area (Å²) in [5.41, 5.74) is 6.23. The van der Waals surface area contributed by atoms with Crippen LogP contribution >= 0.6 is 0 Å². The van der Waals surface area contributed by atoms with E-state index < -0.39 is 11.7 Å². The number of nitrogens with zero attached hydrogens (tertiary/aromatic N) is 2. The van der Waals surface area contributed by atoms with Gasteiger partial charge in [-0.25, -0.2) is 14.8 Å². The maximum absolute atomic E-state index is 12.0. The van der Waals surface area contributed by atoms with Crippen molar-refractivity contribution in [1.29, 1.82) is 0 Å². The molecule has 0 bridgehead atoms. The third kappa shape index (κ3) is 2.25. The van der Waals surface area contributed by atoms with Gasteiger partial charge in [0.1, 0.15) is 11.9 Å². The zero-order chi connectivity index (χ0) is 15.0. The van der Waals surface area contributed by atoms with Gasteiger partial charge < -0.3 is 15.3 Å². The highest BCUT2D eigenvalue weighted by Gasteiger charge is 2.19. The monoisotopic (exact) mass is 283 g/mol. The van der Waals surface area contributed by atoms with Crippen molar-refractivity contribution >= 4 is 16.7 Å². The maximum atomic E-state index is 12.0. The lowest BCUT2D eigenvalue weighted by Gasteiger charge is -2.13. The van der Waals surface area contributed by atoms with Crippen molar-refractivity contribution in [3.8, 4) is 11.1 Å². The molecule has 0 aliphatic heterocycles. The van der Waals surface area contributed by atoms with Crippen LogP contribution in [0.2, 0.25) is 0 Å². The van der Waals surface area contributed by atoms with Crippen LogP contribution in [0.1, 0.15) is 18.8 Å². The molecule has 1 aromatic carbocycles. The van der Waals surface area contributed by atoms with E-state index in [1.165, 1.54) is 19.3 Å². The summed E-state index contributed by atoms with van der Waals surface area (Å²) in [6.07, 6.45) is 2.14. The highest BCUT2D eigenvalue weighted by Crippen LogP contribution is 2.33. The smallest absolute Gasteiger partial charge is 0.343 e. The van der Waals surface area contributed by atoms with E-state index in [1.807, 2.05) is 6.07 Å². The van der Waals surface area contributed by atoms with E-state index in [4.69, 9.17) is 10.2 Å². The summed E-state index contributed by atoms with van der Waals surface area (Å²) >= 11 is 0. The first kappa shape index (κ1) is 13.3. The first-order valence-corrected chi connectivity index (χ1v) is 6.39. The molecule has 2 aromatic heterocycles. The Labute approximate surface area is 119 Å². The van der Waals surface area contributed by atoms with Crippen molar-refractivity contribution in [2.45, 2.75) is 13.0 Å². The van der Waals surface area contributed by atoms with E-state index in [-0.39, 0.29) is 11.7 Å². The summed E-state index contributed by atoms with van der Waals surface area (Å²) in [5.74, 6) is 0.339. The molecule has 0 aliphatic rings. The van der Waals surface area contributed by atoms with Crippen molar-refractivity contribution in [3.05, 3.63) is 52.8 Å². The number of hydrogen-bond acceptors (Lipinski definition) is 6. The van der Waals surface area contributed by atoms with Gasteiger partial charge in [-0.15, -0.1) is 0 Å². The minimum absolute atomic E-state index is 0.152. The number of rotatable bonds is 2. The molecule has 3 rings (SSSR count). The zero-order valence-electron chi connectivity index (χ0n) is 11.3. The van der Waals surface area contributed by atoms with E-state index in [9.17, 15) is 9.90 Å². The van der Waals surface area contributed by atoms with Crippen molar-refractivity contribution in [2.75, 3.05) is 5.73 Å². The summed E-state index contributed by atoms with van der Waals surface area (Å²) in [7, 11) is 0. The topological polar surface area (TPSA) is 102 Å². The fraction of sp³-hybridized carbons (Fsp3) is 0.133. The number of hydrogen-bond donors (Lipinski definition) is 2. The molecular weight excluding hydrogens is 270 g/mol. The second-order valence-corrected chi connectivity index (χ2v) is 4.68. The number of anilines is 1. The van der Waals surface area contributed by atoms with Crippen molar-refractivity contribution < 1.29 is 9.52 Å². The lowest BCUT2D eigenvalue weighted by atomic mass is 9.99. The van der Waals surface area contributed by atoms with E-state index in [1.54, 1.807) is 18.2 Å². The molecule has 0 amide bonds. The summed E-state index contributed by atoms with van der Waals surface area (Å²) in [6, 6.07) is 7.04. The molecule has 21 heavy (non-hydrogen) atoms. The van der Waals surface area contributed by atoms with Crippen molar-refractivity contribution in [1.82, 2.24) is 9.97 Å². The molecule has 6 heteroatoms. The third-order valence-corrected chi connectivity index (χ3v) is 3.21. The molecule has 1 unspecified atom stereocenters. The van der Waals surface area contributed by atoms with E-state index in [2.05, 4.69) is 9.97 Å². The number of aromatic nitrogens is 2. The molecule has 0 saturated heterocycles. The number of benzene rings is 1. The highest BCUT2D eigenvalue weighted by molar-refractivity contribution is 5.96. The van der Waals surface area contributed by atoms with Gasteiger partial charge in [-0.1, -0.05) is 18.2 Å². The maximum Gasteiger partial charge on any atom is 0.343 e. The Hall–Kier alpha value is -2.73. The van der Waals surface area contributed by atoms with Crippen LogP contribution in [0.25, 0.3) is 21.9 Å². The van der Waals surface area contributed by atoms with Gasteiger partial charge in [-0.3, -0.25) is 0 Å². The van der Waals surface area contributed by atoms with Crippen LogP contribution in [0.5, 0.6) is 0 Å². The number of fused-ring (bicyclic) bond motifs is 1. The first-order chi connectivity index (χ1) is 10.1. The van der Waals surface area contributed by atoms with E-state index in [0.29, 0.717) is 21.9 Å². The van der Waals surface area contributed by atoms with E-state index in [0.717, 1.165) is 0 Å². The van der Waals surface area contributed by atoms with Gasteiger partial charge in [0.05, 0.1) is 5.39 Å². The Bertz CT molecular complexity index is 854. The van der Waals surface area contributed by atoms with Gasteiger partial charge in [0, 0.05) is 28.9 Å². The number of aliphatic hydroxyl groups excluding tert-OH is 1.